The van der Waals surface area contributed by atoms with Crippen molar-refractivity contribution in [1.29, 1.82) is 0 Å². The summed E-state index contributed by atoms with van der Waals surface area (Å²) in [4.78, 5) is 22.8. The van der Waals surface area contributed by atoms with Crippen molar-refractivity contribution in [3.63, 3.8) is 0 Å². The van der Waals surface area contributed by atoms with Gasteiger partial charge in [-0.05, 0) is 42.9 Å². The second kappa shape index (κ2) is 13.2. The second-order valence-corrected chi connectivity index (χ2v) is 12.8. The average molecular weight is 609 g/mol. The molecular formula is C31H36N4O5S2. The number of likely N-dealkylation sites (N-methyl/N-ethyl adjacent to an activating group) is 1. The van der Waals surface area contributed by atoms with E-state index in [1.807, 2.05) is 49.4 Å². The number of carbonyl (C=O) groups is 1. The lowest BCUT2D eigenvalue weighted by atomic mass is 10.2. The molecule has 9 nitrogen and oxygen atoms in total. The molecule has 1 aliphatic heterocycles. The minimum Gasteiger partial charge on any atom is -0.486 e. The van der Waals surface area contributed by atoms with Crippen LogP contribution in [0.3, 0.4) is 0 Å². The van der Waals surface area contributed by atoms with Gasteiger partial charge in [0.15, 0.2) is 16.6 Å². The maximum Gasteiger partial charge on any atom is 0.260 e. The van der Waals surface area contributed by atoms with E-state index in [1.165, 1.54) is 27.8 Å². The van der Waals surface area contributed by atoms with Gasteiger partial charge in [-0.2, -0.15) is 4.31 Å². The highest BCUT2D eigenvalue weighted by atomic mass is 32.2. The maximum absolute atomic E-state index is 13.9. The molecule has 0 aliphatic carbocycles. The number of aromatic nitrogens is 1. The Bertz CT molecular complexity index is 1580. The molecule has 0 unspecified atom stereocenters. The minimum absolute atomic E-state index is 0.150. The molecule has 42 heavy (non-hydrogen) atoms. The summed E-state index contributed by atoms with van der Waals surface area (Å²) in [5.41, 5.74) is 2.04. The summed E-state index contributed by atoms with van der Waals surface area (Å²) in [6.45, 7) is 10.4. The van der Waals surface area contributed by atoms with E-state index in [1.54, 1.807) is 17.0 Å². The van der Waals surface area contributed by atoms with Crippen LogP contribution < -0.4 is 14.4 Å². The molecule has 4 aromatic rings. The number of anilines is 1. The van der Waals surface area contributed by atoms with Gasteiger partial charge < -0.3 is 14.4 Å². The first kappa shape index (κ1) is 30.0. The van der Waals surface area contributed by atoms with Crippen LogP contribution in [0.5, 0.6) is 11.5 Å². The molecule has 1 aromatic heterocycles. The summed E-state index contributed by atoms with van der Waals surface area (Å²) in [5.74, 6) is 1.09. The van der Waals surface area contributed by atoms with E-state index >= 15 is 0 Å². The molecule has 0 N–H and O–H groups in total. The van der Waals surface area contributed by atoms with Crippen molar-refractivity contribution < 1.29 is 22.7 Å². The third-order valence-corrected chi connectivity index (χ3v) is 10.3. The van der Waals surface area contributed by atoms with Crippen LogP contribution in [0.2, 0.25) is 0 Å². The van der Waals surface area contributed by atoms with Gasteiger partial charge in [0.25, 0.3) is 5.91 Å². The first-order valence-corrected chi connectivity index (χ1v) is 16.5. The molecule has 0 fully saturated rings. The van der Waals surface area contributed by atoms with E-state index in [0.29, 0.717) is 55.0 Å². The fourth-order valence-electron chi connectivity index (χ4n) is 4.86. The minimum atomic E-state index is -3.75. The Morgan fingerprint density at radius 2 is 1.55 bits per heavy atom. The Hall–Kier alpha value is -3.51. The zero-order chi connectivity index (χ0) is 29.7. The fourth-order valence-corrected chi connectivity index (χ4v) is 7.30. The molecule has 1 aliphatic rings. The van der Waals surface area contributed by atoms with Gasteiger partial charge in [0.1, 0.15) is 13.2 Å². The molecule has 0 radical (unpaired) electrons. The molecule has 11 heteroatoms. The molecular weight excluding hydrogens is 572 g/mol. The molecule has 3 aromatic carbocycles. The van der Waals surface area contributed by atoms with Gasteiger partial charge in [0.05, 0.1) is 15.1 Å². The van der Waals surface area contributed by atoms with Gasteiger partial charge in [0.2, 0.25) is 10.0 Å². The van der Waals surface area contributed by atoms with Crippen molar-refractivity contribution >= 4 is 42.6 Å². The molecule has 5 rings (SSSR count). The van der Waals surface area contributed by atoms with E-state index in [2.05, 4.69) is 18.7 Å². The summed E-state index contributed by atoms with van der Waals surface area (Å²) in [6.07, 6.45) is 0. The number of benzene rings is 3. The largest absolute Gasteiger partial charge is 0.486 e. The van der Waals surface area contributed by atoms with E-state index in [0.717, 1.165) is 28.9 Å². The summed E-state index contributed by atoms with van der Waals surface area (Å²) < 4.78 is 40.7. The van der Waals surface area contributed by atoms with Crippen LogP contribution in [-0.4, -0.2) is 74.5 Å². The monoisotopic (exact) mass is 608 g/mol. The normalized spacial score (nSPS) is 13.2. The fraction of sp³-hybridized carbons (Fsp3) is 0.355. The standard InChI is InChI=1S/C31H36N4O5S2/c1-4-33(5-2)16-17-35(31-32-26-20-27-28(21-29(26)41-31)40-19-18-39-27)30(36)24-12-14-25(15-13-24)42(37,38)34(6-3)22-23-10-8-7-9-11-23/h7-15,20-21H,4-6,16-19,22H2,1-3H3. The lowest BCUT2D eigenvalue weighted by Gasteiger charge is -2.25. The molecule has 0 saturated heterocycles. The van der Waals surface area contributed by atoms with Gasteiger partial charge in [0, 0.05) is 43.9 Å². The molecule has 0 atom stereocenters. The van der Waals surface area contributed by atoms with Gasteiger partial charge in [-0.15, -0.1) is 0 Å². The van der Waals surface area contributed by atoms with Gasteiger partial charge in [-0.1, -0.05) is 62.4 Å². The molecule has 0 spiro atoms. The smallest absolute Gasteiger partial charge is 0.260 e. The number of hydrogen-bond donors (Lipinski definition) is 0. The van der Waals surface area contributed by atoms with E-state index in [-0.39, 0.29) is 17.3 Å². The van der Waals surface area contributed by atoms with Crippen molar-refractivity contribution in [1.82, 2.24) is 14.2 Å². The summed E-state index contributed by atoms with van der Waals surface area (Å²) in [5, 5.41) is 0.571. The van der Waals surface area contributed by atoms with Gasteiger partial charge >= 0.3 is 0 Å². The summed E-state index contributed by atoms with van der Waals surface area (Å²) in [6, 6.07) is 19.5. The van der Waals surface area contributed by atoms with Crippen molar-refractivity contribution in [3.05, 3.63) is 77.9 Å². The zero-order valence-corrected chi connectivity index (χ0v) is 25.8. The van der Waals surface area contributed by atoms with Gasteiger partial charge in [-0.3, -0.25) is 9.69 Å². The lowest BCUT2D eigenvalue weighted by Crippen LogP contribution is -2.39. The van der Waals surface area contributed by atoms with Crippen molar-refractivity contribution in [2.24, 2.45) is 0 Å². The number of carbonyl (C=O) groups excluding carboxylic acids is 1. The topological polar surface area (TPSA) is 92.3 Å². The molecule has 0 saturated carbocycles. The van der Waals surface area contributed by atoms with Crippen LogP contribution in [-0.2, 0) is 16.6 Å². The van der Waals surface area contributed by atoms with Crippen LogP contribution in [0.1, 0.15) is 36.7 Å². The average Bonchev–Trinajstić information content (AvgIpc) is 3.43. The molecule has 2 heterocycles. The van der Waals surface area contributed by atoms with Crippen molar-refractivity contribution in [2.75, 3.05) is 50.8 Å². The Morgan fingerprint density at radius 1 is 0.881 bits per heavy atom. The third-order valence-electron chi connectivity index (χ3n) is 7.34. The summed E-state index contributed by atoms with van der Waals surface area (Å²) in [7, 11) is -3.75. The van der Waals surface area contributed by atoms with Crippen LogP contribution in [0.4, 0.5) is 5.13 Å². The number of nitrogens with zero attached hydrogens (tertiary/aromatic N) is 4. The quantitative estimate of drug-likeness (QED) is 0.217. The number of amides is 1. The van der Waals surface area contributed by atoms with Crippen molar-refractivity contribution in [2.45, 2.75) is 32.2 Å². The van der Waals surface area contributed by atoms with E-state index in [4.69, 9.17) is 14.5 Å². The SMILES string of the molecule is CCN(CC)CCN(C(=O)c1ccc(S(=O)(=O)N(CC)Cc2ccccc2)cc1)c1nc2cc3c(cc2s1)OCCO3. The Balaban J connectivity index is 1.42. The van der Waals surface area contributed by atoms with Crippen LogP contribution in [0.15, 0.2) is 71.6 Å². The number of ether oxygens (including phenoxy) is 2. The maximum atomic E-state index is 13.9. The van der Waals surface area contributed by atoms with E-state index in [9.17, 15) is 13.2 Å². The first-order valence-electron chi connectivity index (χ1n) is 14.2. The second-order valence-electron chi connectivity index (χ2n) is 9.88. The molecule has 222 valence electrons. The number of rotatable bonds is 12. The van der Waals surface area contributed by atoms with Gasteiger partial charge in [-0.25, -0.2) is 13.4 Å². The lowest BCUT2D eigenvalue weighted by molar-refractivity contribution is 0.0983. The highest BCUT2D eigenvalue weighted by molar-refractivity contribution is 7.89. The zero-order valence-electron chi connectivity index (χ0n) is 24.2. The number of hydrogen-bond acceptors (Lipinski definition) is 8. The van der Waals surface area contributed by atoms with E-state index < -0.39 is 10.0 Å². The number of sulfonamides is 1. The van der Waals surface area contributed by atoms with Crippen LogP contribution >= 0.6 is 11.3 Å². The predicted molar refractivity (Wildman–Crippen MR) is 166 cm³/mol. The van der Waals surface area contributed by atoms with Crippen LogP contribution in [0.25, 0.3) is 10.2 Å². The highest BCUT2D eigenvalue weighted by Gasteiger charge is 2.26. The molecule has 0 bridgehead atoms. The third kappa shape index (κ3) is 6.44. The van der Waals surface area contributed by atoms with Crippen LogP contribution in [0, 0.1) is 0 Å². The summed E-state index contributed by atoms with van der Waals surface area (Å²) >= 11 is 1.42. The Labute approximate surface area is 251 Å². The first-order chi connectivity index (χ1) is 20.3. The Morgan fingerprint density at radius 3 is 2.19 bits per heavy atom. The number of thiazole rings is 1. The molecule has 1 amide bonds. The highest BCUT2D eigenvalue weighted by Crippen LogP contribution is 2.39. The van der Waals surface area contributed by atoms with Crippen molar-refractivity contribution in [3.8, 4) is 11.5 Å². The predicted octanol–water partition coefficient (Wildman–Crippen LogP) is 5.27. The Kier molecular flexibility index (Phi) is 9.42. The number of fused-ring (bicyclic) bond motifs is 2.